The van der Waals surface area contributed by atoms with Crippen LogP contribution in [0.15, 0.2) is 6.07 Å². The molecule has 0 bridgehead atoms. The average molecular weight is 345 g/mol. The first-order valence-corrected chi connectivity index (χ1v) is 8.75. The molecule has 0 amide bonds. The Labute approximate surface area is 148 Å². The fraction of sp³-hybridized carbons (Fsp3) is 0.667. The maximum atomic E-state index is 5.60. The topological polar surface area (TPSA) is 55.1 Å². The molecular formula is C18H27N5O2. The standard InChI is InChI=1S/C18H27N5O2/c1-12-13(2)20-23-15(22-10-18(4,11-22)25-6)7-14(19-16(12)23)21-8-17(3,9-21)24-5/h7H,8-11H2,1-6H3. The lowest BCUT2D eigenvalue weighted by Crippen LogP contribution is -2.62. The van der Waals surface area contributed by atoms with Gasteiger partial charge in [0.25, 0.3) is 0 Å². The Kier molecular flexibility index (Phi) is 3.53. The second kappa shape index (κ2) is 5.32. The van der Waals surface area contributed by atoms with Gasteiger partial charge in [-0.05, 0) is 27.7 Å². The molecule has 7 heteroatoms. The van der Waals surface area contributed by atoms with Crippen molar-refractivity contribution in [1.29, 1.82) is 0 Å². The average Bonchev–Trinajstić information content (AvgIpc) is 2.83. The quantitative estimate of drug-likeness (QED) is 0.842. The van der Waals surface area contributed by atoms with Crippen LogP contribution >= 0.6 is 0 Å². The minimum absolute atomic E-state index is 0.0788. The molecule has 0 unspecified atom stereocenters. The number of nitrogens with zero attached hydrogens (tertiary/aromatic N) is 5. The van der Waals surface area contributed by atoms with E-state index in [9.17, 15) is 0 Å². The van der Waals surface area contributed by atoms with Gasteiger partial charge in [0.05, 0.1) is 16.9 Å². The Morgan fingerprint density at radius 1 is 0.960 bits per heavy atom. The Morgan fingerprint density at radius 2 is 1.52 bits per heavy atom. The summed E-state index contributed by atoms with van der Waals surface area (Å²) in [4.78, 5) is 9.46. The number of hydrogen-bond acceptors (Lipinski definition) is 6. The van der Waals surface area contributed by atoms with Gasteiger partial charge in [-0.25, -0.2) is 4.98 Å². The van der Waals surface area contributed by atoms with Gasteiger partial charge in [-0.2, -0.15) is 9.61 Å². The zero-order chi connectivity index (χ0) is 18.0. The van der Waals surface area contributed by atoms with E-state index in [0.717, 1.165) is 54.7 Å². The van der Waals surface area contributed by atoms with Crippen molar-refractivity contribution in [3.8, 4) is 0 Å². The second-order valence-corrected chi connectivity index (χ2v) is 7.94. The smallest absolute Gasteiger partial charge is 0.162 e. The lowest BCUT2D eigenvalue weighted by molar-refractivity contribution is -0.0177. The molecular weight excluding hydrogens is 318 g/mol. The molecule has 4 rings (SSSR count). The predicted octanol–water partition coefficient (Wildman–Crippen LogP) is 1.80. The van der Waals surface area contributed by atoms with Gasteiger partial charge in [-0.1, -0.05) is 0 Å². The fourth-order valence-electron chi connectivity index (χ4n) is 3.69. The summed E-state index contributed by atoms with van der Waals surface area (Å²) >= 11 is 0. The number of anilines is 2. The van der Waals surface area contributed by atoms with E-state index >= 15 is 0 Å². The molecule has 0 aliphatic carbocycles. The molecule has 2 fully saturated rings. The lowest BCUT2D eigenvalue weighted by atomic mass is 9.95. The number of fused-ring (bicyclic) bond motifs is 1. The van der Waals surface area contributed by atoms with E-state index in [1.54, 1.807) is 14.2 Å². The van der Waals surface area contributed by atoms with Gasteiger partial charge in [-0.15, -0.1) is 0 Å². The third kappa shape index (κ3) is 2.48. The van der Waals surface area contributed by atoms with Crippen LogP contribution in [-0.4, -0.2) is 66.2 Å². The monoisotopic (exact) mass is 345 g/mol. The minimum atomic E-state index is -0.0849. The van der Waals surface area contributed by atoms with Crippen molar-refractivity contribution < 1.29 is 9.47 Å². The SMILES string of the molecule is COC1(C)CN(c2cc(N3CC(C)(OC)C3)n3nc(C)c(C)c3n2)C1. The van der Waals surface area contributed by atoms with E-state index in [0.29, 0.717) is 0 Å². The van der Waals surface area contributed by atoms with E-state index in [1.165, 1.54) is 0 Å². The highest BCUT2D eigenvalue weighted by atomic mass is 16.5. The van der Waals surface area contributed by atoms with Crippen molar-refractivity contribution in [3.63, 3.8) is 0 Å². The molecule has 4 heterocycles. The summed E-state index contributed by atoms with van der Waals surface area (Å²) in [7, 11) is 3.55. The van der Waals surface area contributed by atoms with E-state index in [4.69, 9.17) is 19.6 Å². The number of rotatable bonds is 4. The molecule has 0 N–H and O–H groups in total. The maximum absolute atomic E-state index is 5.60. The molecule has 7 nitrogen and oxygen atoms in total. The number of ether oxygens (including phenoxy) is 2. The molecule has 2 aromatic heterocycles. The molecule has 136 valence electrons. The fourth-order valence-corrected chi connectivity index (χ4v) is 3.69. The summed E-state index contributed by atoms with van der Waals surface area (Å²) < 4.78 is 13.2. The summed E-state index contributed by atoms with van der Waals surface area (Å²) in [6, 6.07) is 2.14. The van der Waals surface area contributed by atoms with Crippen LogP contribution < -0.4 is 9.80 Å². The van der Waals surface area contributed by atoms with E-state index in [2.05, 4.69) is 36.6 Å². The van der Waals surface area contributed by atoms with Crippen LogP contribution in [0.4, 0.5) is 11.6 Å². The van der Waals surface area contributed by atoms with Gasteiger partial charge < -0.3 is 19.3 Å². The third-order valence-corrected chi connectivity index (χ3v) is 5.76. The van der Waals surface area contributed by atoms with Crippen LogP contribution in [0, 0.1) is 13.8 Å². The Bertz CT molecular complexity index is 818. The molecule has 0 spiro atoms. The summed E-state index contributed by atoms with van der Waals surface area (Å²) in [5.41, 5.74) is 2.92. The highest BCUT2D eigenvalue weighted by Gasteiger charge is 2.42. The van der Waals surface area contributed by atoms with E-state index < -0.39 is 0 Å². The van der Waals surface area contributed by atoms with Gasteiger partial charge in [0.15, 0.2) is 5.65 Å². The summed E-state index contributed by atoms with van der Waals surface area (Å²) in [6.07, 6.45) is 0. The van der Waals surface area contributed by atoms with Crippen molar-refractivity contribution in [2.24, 2.45) is 0 Å². The van der Waals surface area contributed by atoms with Gasteiger partial charge in [-0.3, -0.25) is 0 Å². The van der Waals surface area contributed by atoms with Crippen LogP contribution in [0.5, 0.6) is 0 Å². The van der Waals surface area contributed by atoms with Gasteiger partial charge in [0.2, 0.25) is 0 Å². The van der Waals surface area contributed by atoms with Crippen molar-refractivity contribution in [2.45, 2.75) is 38.9 Å². The number of aryl methyl sites for hydroxylation is 2. The normalized spacial score (nSPS) is 21.4. The van der Waals surface area contributed by atoms with Crippen LogP contribution in [0.25, 0.3) is 5.65 Å². The van der Waals surface area contributed by atoms with Crippen LogP contribution in [0.2, 0.25) is 0 Å². The Morgan fingerprint density at radius 3 is 2.08 bits per heavy atom. The van der Waals surface area contributed by atoms with Gasteiger partial charge in [0.1, 0.15) is 11.6 Å². The van der Waals surface area contributed by atoms with Crippen molar-refractivity contribution in [2.75, 3.05) is 50.2 Å². The molecule has 2 aliphatic heterocycles. The lowest BCUT2D eigenvalue weighted by Gasteiger charge is -2.49. The Hall–Kier alpha value is -1.86. The maximum Gasteiger partial charge on any atom is 0.162 e. The van der Waals surface area contributed by atoms with Crippen molar-refractivity contribution in [1.82, 2.24) is 14.6 Å². The molecule has 2 saturated heterocycles. The molecule has 0 saturated carbocycles. The summed E-state index contributed by atoms with van der Waals surface area (Å²) in [6.45, 7) is 11.8. The van der Waals surface area contributed by atoms with Gasteiger partial charge >= 0.3 is 0 Å². The molecule has 0 radical (unpaired) electrons. The first kappa shape index (κ1) is 16.6. The summed E-state index contributed by atoms with van der Waals surface area (Å²) in [5.74, 6) is 2.07. The van der Waals surface area contributed by atoms with Crippen LogP contribution in [0.1, 0.15) is 25.1 Å². The molecule has 0 aromatic carbocycles. The number of methoxy groups -OCH3 is 2. The summed E-state index contributed by atoms with van der Waals surface area (Å²) in [5, 5.41) is 4.71. The molecule has 2 aliphatic rings. The van der Waals surface area contributed by atoms with Crippen LogP contribution in [-0.2, 0) is 9.47 Å². The number of hydrogen-bond donors (Lipinski definition) is 0. The first-order valence-electron chi connectivity index (χ1n) is 8.75. The molecule has 25 heavy (non-hydrogen) atoms. The number of aromatic nitrogens is 3. The van der Waals surface area contributed by atoms with E-state index in [-0.39, 0.29) is 11.2 Å². The highest BCUT2D eigenvalue weighted by Crippen LogP contribution is 2.35. The van der Waals surface area contributed by atoms with Crippen molar-refractivity contribution >= 4 is 17.3 Å². The first-order chi connectivity index (χ1) is 11.8. The third-order valence-electron chi connectivity index (χ3n) is 5.76. The predicted molar refractivity (Wildman–Crippen MR) is 97.7 cm³/mol. The zero-order valence-electron chi connectivity index (χ0n) is 16.0. The van der Waals surface area contributed by atoms with Gasteiger partial charge in [0, 0.05) is 52.0 Å². The second-order valence-electron chi connectivity index (χ2n) is 7.94. The van der Waals surface area contributed by atoms with Crippen LogP contribution in [0.3, 0.4) is 0 Å². The van der Waals surface area contributed by atoms with E-state index in [1.807, 2.05) is 11.4 Å². The Balaban J connectivity index is 1.73. The largest absolute Gasteiger partial charge is 0.375 e. The minimum Gasteiger partial charge on any atom is -0.375 e. The molecule has 2 aromatic rings. The highest BCUT2D eigenvalue weighted by molar-refractivity contribution is 5.64. The van der Waals surface area contributed by atoms with Crippen molar-refractivity contribution in [3.05, 3.63) is 17.3 Å². The molecule has 0 atom stereocenters. The zero-order valence-corrected chi connectivity index (χ0v) is 16.0.